The third kappa shape index (κ3) is 4.00. The highest BCUT2D eigenvalue weighted by atomic mass is 16.6. The molecule has 3 rings (SSSR count). The molecule has 156 valence electrons. The number of benzene rings is 2. The van der Waals surface area contributed by atoms with Gasteiger partial charge >= 0.3 is 5.69 Å². The quantitative estimate of drug-likeness (QED) is 0.297. The largest absolute Gasteiger partial charge is 0.487 e. The molecule has 9 nitrogen and oxygen atoms in total. The fourth-order valence-electron chi connectivity index (χ4n) is 3.12. The van der Waals surface area contributed by atoms with Crippen LogP contribution in [0.1, 0.15) is 41.0 Å². The number of nitrogens with zero attached hydrogens (tertiary/aromatic N) is 2. The summed E-state index contributed by atoms with van der Waals surface area (Å²) >= 11 is 0. The highest BCUT2D eigenvalue weighted by molar-refractivity contribution is 6.12. The van der Waals surface area contributed by atoms with E-state index in [1.807, 2.05) is 0 Å². The number of carbonyl (C=O) groups excluding carboxylic acids is 3. The second-order valence-electron chi connectivity index (χ2n) is 6.54. The molecule has 0 N–H and O–H groups in total. The molecule has 30 heavy (non-hydrogen) atoms. The Bertz CT molecular complexity index is 1020. The van der Waals surface area contributed by atoms with Crippen LogP contribution in [0.15, 0.2) is 42.5 Å². The lowest BCUT2D eigenvalue weighted by molar-refractivity contribution is -0.385. The summed E-state index contributed by atoms with van der Waals surface area (Å²) < 4.78 is 10.9. The molecule has 2 aromatic carbocycles. The van der Waals surface area contributed by atoms with Crippen molar-refractivity contribution in [3.8, 4) is 11.5 Å². The average molecular weight is 412 g/mol. The number of ether oxygens (including phenoxy) is 2. The topological polar surface area (TPSA) is 116 Å². The Morgan fingerprint density at radius 2 is 1.93 bits per heavy atom. The molecule has 9 heteroatoms. The van der Waals surface area contributed by atoms with E-state index in [1.165, 1.54) is 18.2 Å². The minimum atomic E-state index is -0.917. The molecule has 0 radical (unpaired) electrons. The first-order valence-corrected chi connectivity index (χ1v) is 9.43. The second kappa shape index (κ2) is 8.73. The monoisotopic (exact) mass is 412 g/mol. The van der Waals surface area contributed by atoms with E-state index in [0.29, 0.717) is 6.42 Å². The highest BCUT2D eigenvalue weighted by Crippen LogP contribution is 2.29. The van der Waals surface area contributed by atoms with Gasteiger partial charge in [-0.1, -0.05) is 19.1 Å². The summed E-state index contributed by atoms with van der Waals surface area (Å²) in [4.78, 5) is 50.1. The standard InChI is InChI=1S/C21H20N2O7/c1-3-17-21(26)22(20(25)14-7-5-6-8-18(14)30-17)12-16(24)13-9-10-19(29-4-2)15(11-13)23(27)28/h5-11,17H,3-4,12H2,1-2H3. The molecule has 1 aliphatic rings. The van der Waals surface area contributed by atoms with E-state index in [-0.39, 0.29) is 34.9 Å². The predicted octanol–water partition coefficient (Wildman–Crippen LogP) is 3.02. The Kier molecular flexibility index (Phi) is 6.10. The number of hydrogen-bond donors (Lipinski definition) is 0. The van der Waals surface area contributed by atoms with Gasteiger partial charge in [-0.2, -0.15) is 0 Å². The molecule has 0 aromatic heterocycles. The Labute approximate surface area is 172 Å². The van der Waals surface area contributed by atoms with Crippen LogP contribution in [-0.2, 0) is 4.79 Å². The van der Waals surface area contributed by atoms with Crippen LogP contribution in [0.2, 0.25) is 0 Å². The van der Waals surface area contributed by atoms with Crippen LogP contribution in [0.5, 0.6) is 11.5 Å². The normalized spacial score (nSPS) is 15.8. The lowest BCUT2D eigenvalue weighted by atomic mass is 10.1. The van der Waals surface area contributed by atoms with E-state index < -0.39 is 35.2 Å². The number of rotatable bonds is 7. The Hall–Kier alpha value is -3.75. The van der Waals surface area contributed by atoms with E-state index >= 15 is 0 Å². The maximum Gasteiger partial charge on any atom is 0.311 e. The number of nitro groups is 1. The van der Waals surface area contributed by atoms with E-state index in [2.05, 4.69) is 0 Å². The van der Waals surface area contributed by atoms with Gasteiger partial charge in [-0.25, -0.2) is 0 Å². The van der Waals surface area contributed by atoms with E-state index in [9.17, 15) is 24.5 Å². The van der Waals surface area contributed by atoms with Gasteiger partial charge in [0.2, 0.25) is 0 Å². The molecule has 2 amide bonds. The van der Waals surface area contributed by atoms with Crippen LogP contribution in [0.25, 0.3) is 0 Å². The van der Waals surface area contributed by atoms with Crippen molar-refractivity contribution in [2.24, 2.45) is 0 Å². The van der Waals surface area contributed by atoms with Gasteiger partial charge in [0.1, 0.15) is 5.75 Å². The molecule has 1 atom stereocenters. The van der Waals surface area contributed by atoms with Crippen LogP contribution in [0, 0.1) is 10.1 Å². The summed E-state index contributed by atoms with van der Waals surface area (Å²) in [6, 6.07) is 10.2. The van der Waals surface area contributed by atoms with Crippen LogP contribution >= 0.6 is 0 Å². The van der Waals surface area contributed by atoms with Gasteiger partial charge in [0, 0.05) is 11.6 Å². The fraction of sp³-hybridized carbons (Fsp3) is 0.286. The number of amides is 2. The maximum atomic E-state index is 12.9. The number of nitro benzene ring substituents is 1. The molecule has 0 bridgehead atoms. The predicted molar refractivity (Wildman–Crippen MR) is 106 cm³/mol. The first kappa shape index (κ1) is 21.0. The van der Waals surface area contributed by atoms with Gasteiger partial charge < -0.3 is 9.47 Å². The fourth-order valence-corrected chi connectivity index (χ4v) is 3.12. The second-order valence-corrected chi connectivity index (χ2v) is 6.54. The Morgan fingerprint density at radius 3 is 2.60 bits per heavy atom. The lowest BCUT2D eigenvalue weighted by Crippen LogP contribution is -2.45. The van der Waals surface area contributed by atoms with Crippen molar-refractivity contribution in [2.75, 3.05) is 13.2 Å². The van der Waals surface area contributed by atoms with Gasteiger partial charge in [0.05, 0.1) is 23.6 Å². The lowest BCUT2D eigenvalue weighted by Gasteiger charge is -2.21. The van der Waals surface area contributed by atoms with Gasteiger partial charge in [-0.05, 0) is 37.6 Å². The minimum absolute atomic E-state index is 0.00254. The zero-order valence-electron chi connectivity index (χ0n) is 16.5. The van der Waals surface area contributed by atoms with Gasteiger partial charge in [-0.15, -0.1) is 0 Å². The van der Waals surface area contributed by atoms with E-state index in [4.69, 9.17) is 9.47 Å². The molecular formula is C21H20N2O7. The number of carbonyl (C=O) groups is 3. The highest BCUT2D eigenvalue weighted by Gasteiger charge is 2.36. The molecular weight excluding hydrogens is 392 g/mol. The molecule has 1 aliphatic heterocycles. The van der Waals surface area contributed by atoms with Crippen LogP contribution in [0.3, 0.4) is 0 Å². The van der Waals surface area contributed by atoms with Gasteiger partial charge in [0.15, 0.2) is 17.6 Å². The van der Waals surface area contributed by atoms with E-state index in [1.54, 1.807) is 32.0 Å². The number of para-hydroxylation sites is 1. The summed E-state index contributed by atoms with van der Waals surface area (Å²) in [6.07, 6.45) is -0.611. The van der Waals surface area contributed by atoms with Crippen LogP contribution in [-0.4, -0.2) is 46.7 Å². The molecule has 2 aromatic rings. The summed E-state index contributed by atoms with van der Waals surface area (Å²) in [6.45, 7) is 3.08. The molecule has 1 unspecified atom stereocenters. The summed E-state index contributed by atoms with van der Waals surface area (Å²) in [7, 11) is 0. The van der Waals surface area contributed by atoms with Crippen molar-refractivity contribution >= 4 is 23.3 Å². The Morgan fingerprint density at radius 1 is 1.20 bits per heavy atom. The Balaban J connectivity index is 1.93. The molecule has 0 fully saturated rings. The smallest absolute Gasteiger partial charge is 0.311 e. The summed E-state index contributed by atoms with van der Waals surface area (Å²) in [5.41, 5.74) is -0.194. The summed E-state index contributed by atoms with van der Waals surface area (Å²) in [5.74, 6) is -1.59. The van der Waals surface area contributed by atoms with Crippen molar-refractivity contribution in [1.29, 1.82) is 0 Å². The first-order valence-electron chi connectivity index (χ1n) is 9.43. The molecule has 0 saturated heterocycles. The zero-order chi connectivity index (χ0) is 21.8. The number of ketones is 1. The minimum Gasteiger partial charge on any atom is -0.487 e. The number of fused-ring (bicyclic) bond motifs is 1. The summed E-state index contributed by atoms with van der Waals surface area (Å²) in [5, 5.41) is 11.3. The third-order valence-corrected chi connectivity index (χ3v) is 4.62. The molecule has 0 saturated carbocycles. The van der Waals surface area contributed by atoms with Crippen molar-refractivity contribution in [2.45, 2.75) is 26.4 Å². The van der Waals surface area contributed by atoms with Gasteiger partial charge in [0.25, 0.3) is 11.8 Å². The first-order chi connectivity index (χ1) is 14.4. The molecule has 1 heterocycles. The van der Waals surface area contributed by atoms with Crippen LogP contribution in [0.4, 0.5) is 5.69 Å². The van der Waals surface area contributed by atoms with Crippen molar-refractivity contribution < 1.29 is 28.8 Å². The average Bonchev–Trinajstić information content (AvgIpc) is 2.84. The maximum absolute atomic E-state index is 12.9. The van der Waals surface area contributed by atoms with E-state index in [0.717, 1.165) is 11.0 Å². The van der Waals surface area contributed by atoms with Crippen molar-refractivity contribution in [3.63, 3.8) is 0 Å². The van der Waals surface area contributed by atoms with Crippen molar-refractivity contribution in [1.82, 2.24) is 4.90 Å². The van der Waals surface area contributed by atoms with Crippen molar-refractivity contribution in [3.05, 3.63) is 63.7 Å². The zero-order valence-corrected chi connectivity index (χ0v) is 16.5. The number of imide groups is 1. The van der Waals surface area contributed by atoms with Gasteiger partial charge in [-0.3, -0.25) is 29.4 Å². The number of Topliss-reactive ketones (excluding diaryl/α,β-unsaturated/α-hetero) is 1. The third-order valence-electron chi connectivity index (χ3n) is 4.62. The molecule has 0 spiro atoms. The number of hydrogen-bond acceptors (Lipinski definition) is 7. The molecule has 0 aliphatic carbocycles. The van der Waals surface area contributed by atoms with Crippen LogP contribution < -0.4 is 9.47 Å². The SMILES string of the molecule is CCOc1ccc(C(=O)CN2C(=O)c3ccccc3OC(CC)C2=O)cc1[N+](=O)[O-].